The first-order valence-electron chi connectivity index (χ1n) is 10.4. The van der Waals surface area contributed by atoms with Crippen molar-refractivity contribution in [3.8, 4) is 0 Å². The van der Waals surface area contributed by atoms with Gasteiger partial charge in [-0.3, -0.25) is 0 Å². The predicted molar refractivity (Wildman–Crippen MR) is 119 cm³/mol. The molecular formula is C23H25ClN2O3S. The second kappa shape index (κ2) is 7.68. The zero-order valence-corrected chi connectivity index (χ0v) is 18.4. The summed E-state index contributed by atoms with van der Waals surface area (Å²) in [4.78, 5) is 0.338. The Labute approximate surface area is 182 Å². The Morgan fingerprint density at radius 2 is 1.83 bits per heavy atom. The smallest absolute Gasteiger partial charge is 0.243 e. The molecule has 5 nitrogen and oxygen atoms in total. The molecule has 1 saturated heterocycles. The minimum absolute atomic E-state index is 0.106. The van der Waals surface area contributed by atoms with Crippen LogP contribution in [0.5, 0.6) is 0 Å². The number of benzene rings is 2. The van der Waals surface area contributed by atoms with Crippen molar-refractivity contribution in [2.45, 2.75) is 30.2 Å². The highest BCUT2D eigenvalue weighted by Crippen LogP contribution is 2.52. The van der Waals surface area contributed by atoms with E-state index in [9.17, 15) is 8.42 Å². The van der Waals surface area contributed by atoms with E-state index in [4.69, 9.17) is 16.3 Å². The molecule has 3 atom stereocenters. The highest BCUT2D eigenvalue weighted by Gasteiger charge is 2.39. The first kappa shape index (κ1) is 20.1. The van der Waals surface area contributed by atoms with Crippen LogP contribution in [0.2, 0.25) is 5.02 Å². The molecular weight excluding hydrogens is 420 g/mol. The maximum Gasteiger partial charge on any atom is 0.243 e. The Kier molecular flexibility index (Phi) is 5.14. The normalized spacial score (nSPS) is 26.1. The minimum atomic E-state index is -3.48. The van der Waals surface area contributed by atoms with Crippen molar-refractivity contribution in [3.05, 3.63) is 70.3 Å². The number of hydrogen-bond donors (Lipinski definition) is 1. The highest BCUT2D eigenvalue weighted by molar-refractivity contribution is 7.89. The van der Waals surface area contributed by atoms with Gasteiger partial charge >= 0.3 is 0 Å². The van der Waals surface area contributed by atoms with Crippen LogP contribution in [0.15, 0.2) is 53.4 Å². The van der Waals surface area contributed by atoms with Crippen molar-refractivity contribution in [1.29, 1.82) is 0 Å². The average molecular weight is 445 g/mol. The summed E-state index contributed by atoms with van der Waals surface area (Å²) in [6, 6.07) is 11.5. The third-order valence-electron chi connectivity index (χ3n) is 6.52. The molecule has 1 fully saturated rings. The van der Waals surface area contributed by atoms with E-state index in [1.54, 1.807) is 12.1 Å². The number of nitrogens with zero attached hydrogens (tertiary/aromatic N) is 1. The molecule has 158 valence electrons. The van der Waals surface area contributed by atoms with Gasteiger partial charge < -0.3 is 10.1 Å². The van der Waals surface area contributed by atoms with Gasteiger partial charge in [-0.25, -0.2) is 8.42 Å². The molecule has 1 N–H and O–H groups in total. The maximum absolute atomic E-state index is 12.9. The summed E-state index contributed by atoms with van der Waals surface area (Å²) in [5.41, 5.74) is 4.55. The van der Waals surface area contributed by atoms with E-state index in [0.29, 0.717) is 37.1 Å². The van der Waals surface area contributed by atoms with Crippen molar-refractivity contribution >= 4 is 27.3 Å². The van der Waals surface area contributed by atoms with Gasteiger partial charge in [0.05, 0.1) is 24.2 Å². The summed E-state index contributed by atoms with van der Waals surface area (Å²) < 4.78 is 32.7. The van der Waals surface area contributed by atoms with Crippen LogP contribution in [0.1, 0.15) is 35.1 Å². The molecule has 2 heterocycles. The lowest BCUT2D eigenvalue weighted by atomic mass is 9.76. The summed E-state index contributed by atoms with van der Waals surface area (Å²) in [7, 11) is -3.48. The number of rotatable bonds is 3. The Morgan fingerprint density at radius 3 is 2.57 bits per heavy atom. The van der Waals surface area contributed by atoms with Crippen LogP contribution < -0.4 is 5.32 Å². The number of nitrogens with one attached hydrogen (secondary N) is 1. The summed E-state index contributed by atoms with van der Waals surface area (Å²) >= 11 is 6.57. The van der Waals surface area contributed by atoms with Crippen molar-refractivity contribution in [2.75, 3.05) is 31.6 Å². The fourth-order valence-electron chi connectivity index (χ4n) is 4.92. The number of anilines is 1. The Balaban J connectivity index is 1.47. The fraction of sp³-hybridized carbons (Fsp3) is 0.391. The van der Waals surface area contributed by atoms with Crippen LogP contribution in [-0.4, -0.2) is 39.0 Å². The van der Waals surface area contributed by atoms with E-state index in [1.165, 1.54) is 15.4 Å². The van der Waals surface area contributed by atoms with Gasteiger partial charge in [0, 0.05) is 35.3 Å². The number of morpholine rings is 1. The zero-order chi connectivity index (χ0) is 20.9. The van der Waals surface area contributed by atoms with Gasteiger partial charge in [0.25, 0.3) is 0 Å². The second-order valence-electron chi connectivity index (χ2n) is 8.21. The molecule has 0 spiro atoms. The van der Waals surface area contributed by atoms with E-state index in [1.807, 2.05) is 24.3 Å². The maximum atomic E-state index is 12.9. The van der Waals surface area contributed by atoms with E-state index < -0.39 is 10.0 Å². The Morgan fingerprint density at radius 1 is 1.10 bits per heavy atom. The van der Waals surface area contributed by atoms with Crippen LogP contribution in [0, 0.1) is 12.8 Å². The lowest BCUT2D eigenvalue weighted by Gasteiger charge is -2.39. The molecule has 0 bridgehead atoms. The quantitative estimate of drug-likeness (QED) is 0.708. The van der Waals surface area contributed by atoms with Crippen LogP contribution in [0.3, 0.4) is 0 Å². The van der Waals surface area contributed by atoms with E-state index in [-0.39, 0.29) is 12.0 Å². The van der Waals surface area contributed by atoms with Crippen molar-refractivity contribution in [2.24, 2.45) is 5.92 Å². The predicted octanol–water partition coefficient (Wildman–Crippen LogP) is 4.50. The number of fused-ring (bicyclic) bond motifs is 3. The molecule has 0 aromatic heterocycles. The summed E-state index contributed by atoms with van der Waals surface area (Å²) in [5.74, 6) is 0.633. The molecule has 2 aromatic rings. The number of allylic oxidation sites excluding steroid dienone is 2. The van der Waals surface area contributed by atoms with Crippen LogP contribution in [0.25, 0.3) is 0 Å². The van der Waals surface area contributed by atoms with Gasteiger partial charge in [-0.05, 0) is 48.6 Å². The third-order valence-corrected chi connectivity index (χ3v) is 8.76. The van der Waals surface area contributed by atoms with Gasteiger partial charge in [0.2, 0.25) is 10.0 Å². The highest BCUT2D eigenvalue weighted by atomic mass is 35.5. The number of aryl methyl sites for hydroxylation is 1. The first-order chi connectivity index (χ1) is 14.5. The van der Waals surface area contributed by atoms with Gasteiger partial charge in [-0.15, -0.1) is 0 Å². The van der Waals surface area contributed by atoms with E-state index in [2.05, 4.69) is 24.4 Å². The van der Waals surface area contributed by atoms with Gasteiger partial charge in [0.15, 0.2) is 0 Å². The van der Waals surface area contributed by atoms with E-state index >= 15 is 0 Å². The summed E-state index contributed by atoms with van der Waals surface area (Å²) in [5, 5.41) is 4.52. The molecule has 1 aliphatic carbocycles. The number of halogens is 1. The van der Waals surface area contributed by atoms with Crippen LogP contribution in [0.4, 0.5) is 5.69 Å². The topological polar surface area (TPSA) is 58.6 Å². The molecule has 0 saturated carbocycles. The first-order valence-corrected chi connectivity index (χ1v) is 12.2. The van der Waals surface area contributed by atoms with Crippen molar-refractivity contribution in [3.63, 3.8) is 0 Å². The fourth-order valence-corrected chi connectivity index (χ4v) is 6.61. The zero-order valence-electron chi connectivity index (χ0n) is 16.8. The molecule has 3 aliphatic rings. The molecule has 0 amide bonds. The third kappa shape index (κ3) is 3.26. The summed E-state index contributed by atoms with van der Waals surface area (Å²) in [6.45, 7) is 3.79. The Hall–Kier alpha value is -1.86. The monoisotopic (exact) mass is 444 g/mol. The van der Waals surface area contributed by atoms with Gasteiger partial charge in [0.1, 0.15) is 0 Å². The van der Waals surface area contributed by atoms with Crippen LogP contribution in [-0.2, 0) is 14.8 Å². The average Bonchev–Trinajstić information content (AvgIpc) is 3.26. The van der Waals surface area contributed by atoms with E-state index in [0.717, 1.165) is 22.7 Å². The van der Waals surface area contributed by atoms with Gasteiger partial charge in [-0.2, -0.15) is 4.31 Å². The number of ether oxygens (including phenoxy) is 1. The molecule has 5 rings (SSSR count). The molecule has 2 aliphatic heterocycles. The molecule has 0 unspecified atom stereocenters. The van der Waals surface area contributed by atoms with Crippen LogP contribution >= 0.6 is 11.6 Å². The lowest BCUT2D eigenvalue weighted by molar-refractivity contribution is 0.0730. The van der Waals surface area contributed by atoms with Crippen molar-refractivity contribution < 1.29 is 13.2 Å². The Bertz CT molecular complexity index is 1090. The molecule has 2 aromatic carbocycles. The largest absolute Gasteiger partial charge is 0.379 e. The minimum Gasteiger partial charge on any atom is -0.379 e. The molecule has 30 heavy (non-hydrogen) atoms. The second-order valence-corrected chi connectivity index (χ2v) is 10.6. The lowest BCUT2D eigenvalue weighted by Crippen LogP contribution is -2.40. The SMILES string of the molecule is Cc1ccc(Cl)c2c1N[C@@H](c1ccc(S(=O)(=O)N3CCOCC3)cc1)[C@H]1CC=C[C@H]21. The standard InChI is InChI=1S/C23H25ClN2O3S/c1-15-5-10-20(24)21-18-3-2-4-19(18)23(25-22(15)21)16-6-8-17(9-7-16)30(27,28)26-11-13-29-14-12-26/h2-3,5-10,18-19,23,25H,4,11-14H2,1H3/t18-,19-,23-/m0/s1. The number of hydrogen-bond acceptors (Lipinski definition) is 4. The van der Waals surface area contributed by atoms with Gasteiger partial charge in [-0.1, -0.05) is 42.0 Å². The summed E-state index contributed by atoms with van der Waals surface area (Å²) in [6.07, 6.45) is 5.47. The molecule has 0 radical (unpaired) electrons. The van der Waals surface area contributed by atoms with Crippen molar-refractivity contribution in [1.82, 2.24) is 4.31 Å². The molecule has 7 heteroatoms. The number of sulfonamides is 1.